The van der Waals surface area contributed by atoms with E-state index in [1.165, 1.54) is 5.56 Å². The zero-order chi connectivity index (χ0) is 19.5. The van der Waals surface area contributed by atoms with Gasteiger partial charge in [0, 0.05) is 36.8 Å². The average molecular weight is 383 g/mol. The summed E-state index contributed by atoms with van der Waals surface area (Å²) in [4.78, 5) is 23.1. The molecule has 8 nitrogen and oxygen atoms in total. The number of hydrogen-bond acceptors (Lipinski definition) is 7. The van der Waals surface area contributed by atoms with E-state index >= 15 is 0 Å². The number of rotatable bonds is 5. The van der Waals surface area contributed by atoms with Gasteiger partial charge in [0.25, 0.3) is 0 Å². The second-order valence-corrected chi connectivity index (χ2v) is 7.11. The molecule has 2 aliphatic rings. The highest BCUT2D eigenvalue weighted by molar-refractivity contribution is 5.93. The molecule has 1 fully saturated rings. The van der Waals surface area contributed by atoms with Gasteiger partial charge in [0.2, 0.25) is 5.91 Å². The van der Waals surface area contributed by atoms with Crippen LogP contribution in [0.1, 0.15) is 21.6 Å². The largest absolute Gasteiger partial charge is 0.376 e. The number of carbonyl (C=O) groups is 1. The fraction of sp³-hybridized carbons (Fsp3) is 0.450. The van der Waals surface area contributed by atoms with Crippen molar-refractivity contribution in [2.45, 2.75) is 19.1 Å². The third-order valence-electron chi connectivity index (χ3n) is 5.07. The van der Waals surface area contributed by atoms with E-state index in [1.807, 2.05) is 19.2 Å². The molecule has 2 aliphatic heterocycles. The molecule has 0 spiro atoms. The molecule has 0 radical (unpaired) electrons. The number of hydrogen-bond donors (Lipinski definition) is 2. The minimum atomic E-state index is -0.447. The summed E-state index contributed by atoms with van der Waals surface area (Å²) < 4.78 is 11.3. The minimum absolute atomic E-state index is 0.0318. The standard InChI is InChI=1S/C20H25N5O3/c1-25(11-15-12-27-8-9-28-15)20-16-6-7-22-10-17(16)23-19(24-20)14-4-2-13(3-5-14)18(21)26/h2-5,15,22H,6-12H2,1H3,(H2,21,26). The zero-order valence-electron chi connectivity index (χ0n) is 16.0. The smallest absolute Gasteiger partial charge is 0.248 e. The highest BCUT2D eigenvalue weighted by atomic mass is 16.6. The molecule has 8 heteroatoms. The first-order chi connectivity index (χ1) is 13.6. The number of ether oxygens (including phenoxy) is 2. The highest BCUT2D eigenvalue weighted by Gasteiger charge is 2.23. The maximum Gasteiger partial charge on any atom is 0.248 e. The number of nitrogens with one attached hydrogen (secondary N) is 1. The first-order valence-electron chi connectivity index (χ1n) is 9.53. The Bertz CT molecular complexity index is 850. The SMILES string of the molecule is CN(CC1COCCO1)c1nc(-c2ccc(C(N)=O)cc2)nc2c1CCNC2. The second-order valence-electron chi connectivity index (χ2n) is 7.11. The number of benzene rings is 1. The zero-order valence-corrected chi connectivity index (χ0v) is 16.0. The lowest BCUT2D eigenvalue weighted by molar-refractivity contribution is -0.0837. The number of fused-ring (bicyclic) bond motifs is 1. The van der Waals surface area contributed by atoms with Gasteiger partial charge in [0.15, 0.2) is 5.82 Å². The Morgan fingerprint density at radius 3 is 2.82 bits per heavy atom. The number of primary amides is 1. The average Bonchev–Trinajstić information content (AvgIpc) is 2.73. The van der Waals surface area contributed by atoms with Crippen molar-refractivity contribution < 1.29 is 14.3 Å². The lowest BCUT2D eigenvalue weighted by Crippen LogP contribution is -2.39. The van der Waals surface area contributed by atoms with Gasteiger partial charge in [-0.05, 0) is 25.1 Å². The fourth-order valence-corrected chi connectivity index (χ4v) is 3.60. The van der Waals surface area contributed by atoms with Crippen molar-refractivity contribution in [3.05, 3.63) is 41.1 Å². The molecule has 1 atom stereocenters. The van der Waals surface area contributed by atoms with Gasteiger partial charge in [0.1, 0.15) is 5.82 Å². The van der Waals surface area contributed by atoms with Crippen molar-refractivity contribution in [3.63, 3.8) is 0 Å². The van der Waals surface area contributed by atoms with Gasteiger partial charge in [0.05, 0.1) is 31.6 Å². The number of likely N-dealkylation sites (N-methyl/N-ethyl adjacent to an activating group) is 1. The van der Waals surface area contributed by atoms with Crippen molar-refractivity contribution in [1.82, 2.24) is 15.3 Å². The first-order valence-corrected chi connectivity index (χ1v) is 9.53. The van der Waals surface area contributed by atoms with E-state index in [1.54, 1.807) is 12.1 Å². The molecule has 0 aliphatic carbocycles. The molecule has 0 bridgehead atoms. The Morgan fingerprint density at radius 1 is 1.29 bits per heavy atom. The number of amides is 1. The Hall–Kier alpha value is -2.55. The molecular weight excluding hydrogens is 358 g/mol. The van der Waals surface area contributed by atoms with Gasteiger partial charge < -0.3 is 25.4 Å². The van der Waals surface area contributed by atoms with Gasteiger partial charge >= 0.3 is 0 Å². The summed E-state index contributed by atoms with van der Waals surface area (Å²) in [5, 5.41) is 3.38. The third kappa shape index (κ3) is 3.99. The fourth-order valence-electron chi connectivity index (χ4n) is 3.60. The Balaban J connectivity index is 1.66. The van der Waals surface area contributed by atoms with Crippen molar-refractivity contribution in [1.29, 1.82) is 0 Å². The van der Waals surface area contributed by atoms with Crippen LogP contribution in [0.4, 0.5) is 5.82 Å². The summed E-state index contributed by atoms with van der Waals surface area (Å²) in [6.45, 7) is 4.21. The van der Waals surface area contributed by atoms with Crippen LogP contribution < -0.4 is 16.0 Å². The third-order valence-corrected chi connectivity index (χ3v) is 5.07. The van der Waals surface area contributed by atoms with E-state index in [9.17, 15) is 4.79 Å². The summed E-state index contributed by atoms with van der Waals surface area (Å²) in [6, 6.07) is 7.07. The van der Waals surface area contributed by atoms with Gasteiger partial charge in [-0.25, -0.2) is 9.97 Å². The van der Waals surface area contributed by atoms with Gasteiger partial charge in [-0.1, -0.05) is 12.1 Å². The monoisotopic (exact) mass is 383 g/mol. The Labute approximate surface area is 164 Å². The van der Waals surface area contributed by atoms with E-state index < -0.39 is 5.91 Å². The molecule has 3 N–H and O–H groups in total. The first kappa shape index (κ1) is 18.8. The predicted molar refractivity (Wildman–Crippen MR) is 105 cm³/mol. The maximum atomic E-state index is 11.3. The minimum Gasteiger partial charge on any atom is -0.376 e. The van der Waals surface area contributed by atoms with E-state index in [2.05, 4.69) is 10.2 Å². The normalized spacial score (nSPS) is 19.1. The van der Waals surface area contributed by atoms with Crippen molar-refractivity contribution in [3.8, 4) is 11.4 Å². The van der Waals surface area contributed by atoms with Crippen LogP contribution >= 0.6 is 0 Å². The quantitative estimate of drug-likeness (QED) is 0.785. The van der Waals surface area contributed by atoms with Crippen molar-refractivity contribution in [2.75, 3.05) is 44.9 Å². The van der Waals surface area contributed by atoms with E-state index in [-0.39, 0.29) is 6.10 Å². The lowest BCUT2D eigenvalue weighted by Gasteiger charge is -2.30. The molecule has 3 heterocycles. The second kappa shape index (κ2) is 8.22. The van der Waals surface area contributed by atoms with E-state index in [0.29, 0.717) is 44.3 Å². The molecule has 1 saturated heterocycles. The summed E-state index contributed by atoms with van der Waals surface area (Å²) in [5.41, 5.74) is 8.85. The summed E-state index contributed by atoms with van der Waals surface area (Å²) >= 11 is 0. The molecule has 1 unspecified atom stereocenters. The molecular formula is C20H25N5O3. The topological polar surface area (TPSA) is 103 Å². The summed E-state index contributed by atoms with van der Waals surface area (Å²) in [7, 11) is 2.03. The molecule has 1 aromatic heterocycles. The highest BCUT2D eigenvalue weighted by Crippen LogP contribution is 2.27. The van der Waals surface area contributed by atoms with Crippen LogP contribution in [0, 0.1) is 0 Å². The number of carbonyl (C=O) groups excluding carboxylic acids is 1. The number of anilines is 1. The summed E-state index contributed by atoms with van der Waals surface area (Å²) in [5.74, 6) is 1.12. The van der Waals surface area contributed by atoms with Gasteiger partial charge in [-0.2, -0.15) is 0 Å². The number of nitrogens with two attached hydrogens (primary N) is 1. The van der Waals surface area contributed by atoms with Crippen LogP contribution in [-0.4, -0.2) is 61.9 Å². The van der Waals surface area contributed by atoms with Crippen LogP contribution in [0.2, 0.25) is 0 Å². The van der Waals surface area contributed by atoms with Crippen molar-refractivity contribution in [2.24, 2.45) is 5.73 Å². The van der Waals surface area contributed by atoms with Gasteiger partial charge in [-0.3, -0.25) is 4.79 Å². The van der Waals surface area contributed by atoms with E-state index in [0.717, 1.165) is 30.0 Å². The molecule has 28 heavy (non-hydrogen) atoms. The van der Waals surface area contributed by atoms with Crippen LogP contribution in [0.15, 0.2) is 24.3 Å². The molecule has 148 valence electrons. The Kier molecular flexibility index (Phi) is 5.52. The molecule has 1 aromatic carbocycles. The van der Waals surface area contributed by atoms with Crippen molar-refractivity contribution >= 4 is 11.7 Å². The van der Waals surface area contributed by atoms with Crippen LogP contribution in [0.5, 0.6) is 0 Å². The molecule has 1 amide bonds. The lowest BCUT2D eigenvalue weighted by atomic mass is 10.1. The van der Waals surface area contributed by atoms with E-state index in [4.69, 9.17) is 25.2 Å². The summed E-state index contributed by atoms with van der Waals surface area (Å²) in [6.07, 6.45) is 0.919. The molecule has 2 aromatic rings. The van der Waals surface area contributed by atoms with Crippen LogP contribution in [0.3, 0.4) is 0 Å². The molecule has 4 rings (SSSR count). The Morgan fingerprint density at radius 2 is 2.11 bits per heavy atom. The molecule has 0 saturated carbocycles. The van der Waals surface area contributed by atoms with Gasteiger partial charge in [-0.15, -0.1) is 0 Å². The number of aromatic nitrogens is 2. The van der Waals surface area contributed by atoms with Crippen LogP contribution in [-0.2, 0) is 22.4 Å². The number of nitrogens with zero attached hydrogens (tertiary/aromatic N) is 3. The maximum absolute atomic E-state index is 11.3. The van der Waals surface area contributed by atoms with Crippen LogP contribution in [0.25, 0.3) is 11.4 Å². The predicted octanol–water partition coefficient (Wildman–Crippen LogP) is 0.740.